The van der Waals surface area contributed by atoms with Crippen molar-refractivity contribution in [1.29, 1.82) is 0 Å². The van der Waals surface area contributed by atoms with Gasteiger partial charge in [-0.1, -0.05) is 68.4 Å². The molecule has 0 aliphatic carbocycles. The number of nitrogens with two attached hydrogens (primary N) is 1. The lowest BCUT2D eigenvalue weighted by Crippen LogP contribution is -2.58. The highest BCUT2D eigenvalue weighted by Gasteiger charge is 2.38. The number of amides is 7. The fraction of sp³-hybridized carbons (Fsp3) is 0.435. The van der Waals surface area contributed by atoms with E-state index in [0.29, 0.717) is 29.5 Å². The number of likely N-dealkylation sites (tertiary alicyclic amines) is 1. The van der Waals surface area contributed by atoms with Gasteiger partial charge in [-0.25, -0.2) is 4.79 Å². The molecule has 7 atom stereocenters. The zero-order valence-electron chi connectivity index (χ0n) is 36.9. The number of carbonyl (C=O) groups is 8. The van der Waals surface area contributed by atoms with E-state index in [-0.39, 0.29) is 49.6 Å². The van der Waals surface area contributed by atoms with Crippen molar-refractivity contribution in [2.24, 2.45) is 11.7 Å². The molecule has 0 saturated carbocycles. The van der Waals surface area contributed by atoms with Crippen molar-refractivity contribution in [3.63, 3.8) is 0 Å². The molecule has 1 heterocycles. The number of hydrogen-bond acceptors (Lipinski definition) is 11. The number of carbonyl (C=O) groups excluding carboxylic acids is 7. The summed E-state index contributed by atoms with van der Waals surface area (Å²) in [6, 6.07) is 12.9. The van der Waals surface area contributed by atoms with E-state index in [2.05, 4.69) is 31.9 Å². The van der Waals surface area contributed by atoms with Gasteiger partial charge in [0.2, 0.25) is 41.4 Å². The van der Waals surface area contributed by atoms with Crippen molar-refractivity contribution < 1.29 is 53.7 Å². The maximum Gasteiger partial charge on any atom is 0.326 e. The van der Waals surface area contributed by atoms with Crippen molar-refractivity contribution >= 4 is 47.3 Å². The Morgan fingerprint density at radius 3 is 1.65 bits per heavy atom. The van der Waals surface area contributed by atoms with Crippen molar-refractivity contribution in [2.45, 2.75) is 109 Å². The van der Waals surface area contributed by atoms with Crippen molar-refractivity contribution in [1.82, 2.24) is 36.8 Å². The number of phenols is 2. The van der Waals surface area contributed by atoms with E-state index < -0.39 is 96.2 Å². The Labute approximate surface area is 377 Å². The predicted molar refractivity (Wildman–Crippen MR) is 238 cm³/mol. The van der Waals surface area contributed by atoms with Crippen LogP contribution >= 0.6 is 0 Å². The SMILES string of the molecule is CC(C)C[C@H](NC(=O)[C@H](C)NC(=O)[C@H](Cc1ccc(O)cc1)NC(=O)CNC(=O)[C@H](C)NC(=O)[C@H](Cc1ccccc1)NC(=O)[C@@H](N)Cc1ccc(O)cc1)C(=O)N1CCC[C@H]1C(=O)O. The number of rotatable bonds is 22. The smallest absolute Gasteiger partial charge is 0.326 e. The van der Waals surface area contributed by atoms with Crippen LogP contribution in [0.3, 0.4) is 0 Å². The highest BCUT2D eigenvalue weighted by Crippen LogP contribution is 2.21. The molecular formula is C46H60N8O11. The van der Waals surface area contributed by atoms with Crippen LogP contribution in [-0.2, 0) is 57.6 Å². The van der Waals surface area contributed by atoms with Gasteiger partial charge in [0.05, 0.1) is 12.6 Å². The molecule has 0 aromatic heterocycles. The van der Waals surface area contributed by atoms with Crippen LogP contribution in [0.1, 0.15) is 63.6 Å². The number of aliphatic carboxylic acids is 1. The van der Waals surface area contributed by atoms with Gasteiger partial charge in [-0.05, 0) is 86.4 Å². The van der Waals surface area contributed by atoms with Crippen LogP contribution in [0.15, 0.2) is 78.9 Å². The van der Waals surface area contributed by atoms with Crippen molar-refractivity contribution in [2.75, 3.05) is 13.1 Å². The maximum absolute atomic E-state index is 13.7. The molecule has 65 heavy (non-hydrogen) atoms. The van der Waals surface area contributed by atoms with Gasteiger partial charge in [0, 0.05) is 19.4 Å². The second-order valence-corrected chi connectivity index (χ2v) is 16.6. The van der Waals surface area contributed by atoms with E-state index >= 15 is 0 Å². The zero-order valence-corrected chi connectivity index (χ0v) is 36.9. The molecule has 7 amide bonds. The van der Waals surface area contributed by atoms with Gasteiger partial charge in [0.25, 0.3) is 0 Å². The summed E-state index contributed by atoms with van der Waals surface area (Å²) in [5.41, 5.74) is 8.10. The van der Waals surface area contributed by atoms with Gasteiger partial charge in [-0.2, -0.15) is 0 Å². The molecule has 19 nitrogen and oxygen atoms in total. The van der Waals surface area contributed by atoms with Gasteiger partial charge >= 0.3 is 5.97 Å². The van der Waals surface area contributed by atoms with Gasteiger partial charge in [-0.3, -0.25) is 33.6 Å². The second kappa shape index (κ2) is 24.2. The molecule has 1 saturated heterocycles. The first-order valence-corrected chi connectivity index (χ1v) is 21.5. The lowest BCUT2D eigenvalue weighted by molar-refractivity contribution is -0.149. The summed E-state index contributed by atoms with van der Waals surface area (Å²) in [7, 11) is 0. The van der Waals surface area contributed by atoms with Crippen LogP contribution in [0, 0.1) is 5.92 Å². The number of benzene rings is 3. The molecule has 0 spiro atoms. The lowest BCUT2D eigenvalue weighted by atomic mass is 10.0. The van der Waals surface area contributed by atoms with Gasteiger partial charge < -0.3 is 57.9 Å². The maximum atomic E-state index is 13.7. The van der Waals surface area contributed by atoms with E-state index in [4.69, 9.17) is 5.73 Å². The molecule has 350 valence electrons. The predicted octanol–water partition coefficient (Wildman–Crippen LogP) is 0.155. The van der Waals surface area contributed by atoms with Crippen molar-refractivity contribution in [3.05, 3.63) is 95.6 Å². The third kappa shape index (κ3) is 15.9. The summed E-state index contributed by atoms with van der Waals surface area (Å²) in [5, 5.41) is 44.4. The fourth-order valence-electron chi connectivity index (χ4n) is 7.20. The number of aromatic hydroxyl groups is 2. The van der Waals surface area contributed by atoms with Gasteiger partial charge in [0.15, 0.2) is 0 Å². The number of carboxylic acids is 1. The van der Waals surface area contributed by atoms with Crippen LogP contribution < -0.4 is 37.6 Å². The van der Waals surface area contributed by atoms with E-state index in [1.807, 2.05) is 13.8 Å². The summed E-state index contributed by atoms with van der Waals surface area (Å²) in [5.74, 6) is -6.10. The highest BCUT2D eigenvalue weighted by atomic mass is 16.4. The monoisotopic (exact) mass is 900 g/mol. The third-order valence-corrected chi connectivity index (χ3v) is 10.7. The molecule has 0 unspecified atom stereocenters. The summed E-state index contributed by atoms with van der Waals surface area (Å²) >= 11 is 0. The van der Waals surface area contributed by atoms with E-state index in [1.165, 1.54) is 55.1 Å². The van der Waals surface area contributed by atoms with E-state index in [9.17, 15) is 53.7 Å². The van der Waals surface area contributed by atoms with Crippen LogP contribution in [0.4, 0.5) is 0 Å². The van der Waals surface area contributed by atoms with Crippen LogP contribution in [-0.4, -0.2) is 123 Å². The number of phenolic OH excluding ortho intramolecular Hbond substituents is 2. The van der Waals surface area contributed by atoms with Gasteiger partial charge in [0.1, 0.15) is 47.8 Å². The Morgan fingerprint density at radius 1 is 0.615 bits per heavy atom. The molecule has 4 rings (SSSR count). The average Bonchev–Trinajstić information content (AvgIpc) is 3.77. The molecule has 1 fully saturated rings. The molecular weight excluding hydrogens is 841 g/mol. The van der Waals surface area contributed by atoms with Crippen molar-refractivity contribution in [3.8, 4) is 11.5 Å². The summed E-state index contributed by atoms with van der Waals surface area (Å²) in [6.45, 7) is 6.06. The third-order valence-electron chi connectivity index (χ3n) is 10.7. The Hall–Kier alpha value is -7.02. The number of nitrogens with one attached hydrogen (secondary N) is 6. The van der Waals surface area contributed by atoms with Crippen LogP contribution in [0.25, 0.3) is 0 Å². The number of nitrogens with zero attached hydrogens (tertiary/aromatic N) is 1. The number of hydrogen-bond donors (Lipinski definition) is 10. The Bertz CT molecular complexity index is 2140. The summed E-state index contributed by atoms with van der Waals surface area (Å²) in [4.78, 5) is 107. The Morgan fingerprint density at radius 2 is 1.11 bits per heavy atom. The van der Waals surface area contributed by atoms with Crippen LogP contribution in [0.5, 0.6) is 11.5 Å². The minimum Gasteiger partial charge on any atom is -0.508 e. The van der Waals surface area contributed by atoms with Crippen LogP contribution in [0.2, 0.25) is 0 Å². The first-order valence-electron chi connectivity index (χ1n) is 21.5. The molecule has 1 aliphatic rings. The molecule has 1 aliphatic heterocycles. The summed E-state index contributed by atoms with van der Waals surface area (Å²) in [6.07, 6.45) is 1.10. The quantitative estimate of drug-likeness (QED) is 0.0645. The first kappa shape index (κ1) is 50.6. The van der Waals surface area contributed by atoms with E-state index in [1.54, 1.807) is 42.5 Å². The fourth-order valence-corrected chi connectivity index (χ4v) is 7.20. The molecule has 0 radical (unpaired) electrons. The molecule has 0 bridgehead atoms. The second-order valence-electron chi connectivity index (χ2n) is 16.6. The first-order chi connectivity index (χ1) is 30.8. The minimum atomic E-state index is -1.30. The highest BCUT2D eigenvalue weighted by molar-refractivity contribution is 5.97. The van der Waals surface area contributed by atoms with E-state index in [0.717, 1.165) is 0 Å². The summed E-state index contributed by atoms with van der Waals surface area (Å²) < 4.78 is 0. The molecule has 3 aromatic rings. The lowest BCUT2D eigenvalue weighted by Gasteiger charge is -2.29. The molecule has 19 heteroatoms. The standard InChI is InChI=1S/C46H60N8O11/c1-26(2)21-37(45(63)54-20-8-11-38(54)46(64)65)53-41(59)28(4)50-43(61)35(24-31-14-18-33(56)19-15-31)51-39(57)25-48-40(58)27(3)49-44(62)36(23-29-9-6-5-7-10-29)52-42(60)34(47)22-30-12-16-32(55)17-13-30/h5-7,9-10,12-19,26-28,34-38,55-56H,8,11,20-25,47H2,1-4H3,(H,48,58)(H,49,62)(H,50,61)(H,51,57)(H,52,60)(H,53,59)(H,64,65)/t27-,28-,34-,35-,36-,37-,38-/m0/s1. The Balaban J connectivity index is 1.37. The molecule has 11 N–H and O–H groups in total. The normalized spacial score (nSPS) is 16.2. The average molecular weight is 901 g/mol. The van der Waals surface area contributed by atoms with Gasteiger partial charge in [-0.15, -0.1) is 0 Å². The topological polar surface area (TPSA) is 299 Å². The Kier molecular flexibility index (Phi) is 18.8. The minimum absolute atomic E-state index is 0.0370. The molecule has 3 aromatic carbocycles. The zero-order chi connectivity index (χ0) is 47.8. The largest absolute Gasteiger partial charge is 0.508 e. The number of carboxylic acid groups (broad SMARTS) is 1.